The van der Waals surface area contributed by atoms with Crippen LogP contribution in [-0.4, -0.2) is 32.9 Å². The first kappa shape index (κ1) is 31.0. The molecule has 0 bridgehead atoms. The van der Waals surface area contributed by atoms with Gasteiger partial charge in [-0.15, -0.1) is 0 Å². The van der Waals surface area contributed by atoms with Crippen LogP contribution in [0.2, 0.25) is 76.6 Å². The lowest BCUT2D eigenvalue weighted by Gasteiger charge is -2.41. The second-order valence-electron chi connectivity index (χ2n) is 15.0. The number of hydrogen-bond acceptors (Lipinski definition) is 2. The van der Waals surface area contributed by atoms with Crippen molar-refractivity contribution in [2.24, 2.45) is 0 Å². The number of rotatable bonds is 6. The Morgan fingerprint density at radius 3 is 1.07 bits per heavy atom. The van der Waals surface area contributed by atoms with Crippen LogP contribution in [-0.2, 0) is 0 Å². The molecule has 3 aromatic carbocycles. The average Bonchev–Trinajstić information content (AvgIpc) is 3.30. The zero-order valence-corrected chi connectivity index (χ0v) is 31.8. The van der Waals surface area contributed by atoms with Crippen LogP contribution in [0.5, 0.6) is 0 Å². The van der Waals surface area contributed by atoms with Crippen LogP contribution >= 0.6 is 0 Å². The van der Waals surface area contributed by atoms with Crippen molar-refractivity contribution in [2.45, 2.75) is 90.4 Å². The van der Waals surface area contributed by atoms with E-state index in [0.717, 1.165) is 0 Å². The number of benzene rings is 3. The highest BCUT2D eigenvalue weighted by atomic mass is 28.4. The van der Waals surface area contributed by atoms with Crippen molar-refractivity contribution in [1.82, 2.24) is 0 Å². The Labute approximate surface area is 260 Å². The van der Waals surface area contributed by atoms with Crippen molar-refractivity contribution in [2.75, 3.05) is 8.46 Å². The van der Waals surface area contributed by atoms with E-state index in [2.05, 4.69) is 160 Å². The van der Waals surface area contributed by atoms with Gasteiger partial charge in [0.1, 0.15) is 32.9 Å². The van der Waals surface area contributed by atoms with Crippen LogP contribution in [0.15, 0.2) is 84.9 Å². The van der Waals surface area contributed by atoms with Crippen LogP contribution in [0.3, 0.4) is 0 Å². The Bertz CT molecular complexity index is 1360. The highest BCUT2D eigenvalue weighted by Crippen LogP contribution is 2.42. The van der Waals surface area contributed by atoms with Crippen molar-refractivity contribution in [3.63, 3.8) is 0 Å². The number of anilines is 2. The fourth-order valence-corrected chi connectivity index (χ4v) is 36.7. The van der Waals surface area contributed by atoms with Gasteiger partial charge in [-0.2, -0.15) is 0 Å². The van der Waals surface area contributed by atoms with E-state index in [1.165, 1.54) is 69.0 Å². The fourth-order valence-electron chi connectivity index (χ4n) is 8.14. The zero-order valence-electron chi connectivity index (χ0n) is 27.8. The Hall–Kier alpha value is -2.39. The van der Waals surface area contributed by atoms with Crippen LogP contribution < -0.4 is 8.46 Å². The minimum atomic E-state index is -1.37. The minimum absolute atomic E-state index is 1.28. The minimum Gasteiger partial charge on any atom is -0.424 e. The fraction of sp³-hybridized carbons (Fsp3) is 0.389. The van der Waals surface area contributed by atoms with E-state index in [-0.39, 0.29) is 0 Å². The summed E-state index contributed by atoms with van der Waals surface area (Å²) in [6.07, 6.45) is 4.55. The highest BCUT2D eigenvalue weighted by molar-refractivity contribution is 7.05. The molecule has 2 fully saturated rings. The Morgan fingerprint density at radius 2 is 0.786 bits per heavy atom. The molecular formula is C36H52N2Si4. The lowest BCUT2D eigenvalue weighted by atomic mass is 9.92. The summed E-state index contributed by atoms with van der Waals surface area (Å²) in [5.74, 6) is 0. The standard InChI is InChI=1S/C36H52N2Si4/c1-11-35(29-16-20-33(21-17-29)37-39(3,4)24-25-40(37,5)6)31-14-13-15-32(28-31)36(12-2)30-18-22-34(23-19-30)38-41(7,8)26-27-42(38,9)10/h11-23,28H,24-27H2,1-10H3/b35-11-,36-12+. The van der Waals surface area contributed by atoms with Crippen molar-refractivity contribution >= 4 is 55.5 Å². The SMILES string of the molecule is C/C=C(/c1ccc(N2[Si](C)(C)CC[Si]2(C)C)cc1)c1cccc(/C(=C/C)c2ccc(N3[Si](C)(C)CC[Si]3(C)C)cc2)c1. The molecule has 0 radical (unpaired) electrons. The first-order valence-electron chi connectivity index (χ1n) is 16.0. The molecule has 0 aliphatic carbocycles. The van der Waals surface area contributed by atoms with Crippen LogP contribution in [0, 0.1) is 0 Å². The van der Waals surface area contributed by atoms with Gasteiger partial charge in [0, 0.05) is 11.4 Å². The predicted molar refractivity (Wildman–Crippen MR) is 199 cm³/mol. The largest absolute Gasteiger partial charge is 0.424 e. The monoisotopic (exact) mass is 624 g/mol. The molecule has 0 aromatic heterocycles. The van der Waals surface area contributed by atoms with Gasteiger partial charge < -0.3 is 8.46 Å². The summed E-state index contributed by atoms with van der Waals surface area (Å²) in [6, 6.07) is 33.8. The second kappa shape index (κ2) is 11.3. The second-order valence-corrected chi connectivity index (χ2v) is 34.2. The summed E-state index contributed by atoms with van der Waals surface area (Å²) in [5.41, 5.74) is 10.6. The molecule has 0 unspecified atom stereocenters. The summed E-state index contributed by atoms with van der Waals surface area (Å²) >= 11 is 0. The molecule has 0 saturated carbocycles. The van der Waals surface area contributed by atoms with Gasteiger partial charge in [-0.25, -0.2) is 0 Å². The van der Waals surface area contributed by atoms with Crippen molar-refractivity contribution in [3.05, 3.63) is 107 Å². The normalized spacial score (nSPS) is 21.2. The van der Waals surface area contributed by atoms with E-state index >= 15 is 0 Å². The van der Waals surface area contributed by atoms with Crippen LogP contribution in [0.1, 0.15) is 36.1 Å². The number of allylic oxidation sites excluding steroid dienone is 2. The summed E-state index contributed by atoms with van der Waals surface area (Å²) in [6.45, 7) is 24.8. The number of hydrogen-bond donors (Lipinski definition) is 0. The molecule has 0 spiro atoms. The van der Waals surface area contributed by atoms with Crippen molar-refractivity contribution < 1.29 is 0 Å². The lowest BCUT2D eigenvalue weighted by Crippen LogP contribution is -2.55. The highest BCUT2D eigenvalue weighted by Gasteiger charge is 2.48. The molecule has 3 aromatic rings. The maximum atomic E-state index is 2.90. The van der Waals surface area contributed by atoms with E-state index in [9.17, 15) is 0 Å². The van der Waals surface area contributed by atoms with E-state index < -0.39 is 32.9 Å². The van der Waals surface area contributed by atoms with Gasteiger partial charge in [0.25, 0.3) is 0 Å². The molecule has 6 heteroatoms. The topological polar surface area (TPSA) is 6.48 Å². The van der Waals surface area contributed by atoms with E-state index in [4.69, 9.17) is 0 Å². The molecule has 2 nitrogen and oxygen atoms in total. The molecule has 42 heavy (non-hydrogen) atoms. The summed E-state index contributed by atoms with van der Waals surface area (Å²) in [5, 5.41) is 0. The van der Waals surface area contributed by atoms with Gasteiger partial charge in [0.2, 0.25) is 0 Å². The third kappa shape index (κ3) is 5.75. The van der Waals surface area contributed by atoms with E-state index in [0.29, 0.717) is 0 Å². The molecule has 0 atom stereocenters. The molecule has 222 valence electrons. The first-order valence-corrected chi connectivity index (χ1v) is 28.6. The molecule has 2 saturated heterocycles. The van der Waals surface area contributed by atoms with Gasteiger partial charge in [0.05, 0.1) is 0 Å². The first-order chi connectivity index (χ1) is 19.7. The molecule has 2 heterocycles. The lowest BCUT2D eigenvalue weighted by molar-refractivity contribution is 1.35. The average molecular weight is 625 g/mol. The summed E-state index contributed by atoms with van der Waals surface area (Å²) < 4.78 is 5.80. The molecule has 2 aliphatic heterocycles. The third-order valence-electron chi connectivity index (χ3n) is 10.1. The van der Waals surface area contributed by atoms with Crippen LogP contribution in [0.25, 0.3) is 11.1 Å². The van der Waals surface area contributed by atoms with Crippen molar-refractivity contribution in [1.29, 1.82) is 0 Å². The van der Waals surface area contributed by atoms with Gasteiger partial charge >= 0.3 is 0 Å². The van der Waals surface area contributed by atoms with Crippen molar-refractivity contribution in [3.8, 4) is 0 Å². The summed E-state index contributed by atoms with van der Waals surface area (Å²) in [4.78, 5) is 0. The van der Waals surface area contributed by atoms with Gasteiger partial charge in [-0.3, -0.25) is 0 Å². The summed E-state index contributed by atoms with van der Waals surface area (Å²) in [7, 11) is -5.48. The number of nitrogens with zero attached hydrogens (tertiary/aromatic N) is 2. The maximum absolute atomic E-state index is 2.90. The Morgan fingerprint density at radius 1 is 0.476 bits per heavy atom. The Balaban J connectivity index is 1.41. The van der Waals surface area contributed by atoms with Crippen LogP contribution in [0.4, 0.5) is 11.4 Å². The molecule has 5 rings (SSSR count). The van der Waals surface area contributed by atoms with Gasteiger partial charge in [-0.05, 0) is 102 Å². The molecule has 0 N–H and O–H groups in total. The molecule has 0 amide bonds. The van der Waals surface area contributed by atoms with Gasteiger partial charge in [-0.1, -0.05) is 107 Å². The van der Waals surface area contributed by atoms with Gasteiger partial charge in [0.15, 0.2) is 0 Å². The maximum Gasteiger partial charge on any atom is 0.141 e. The van der Waals surface area contributed by atoms with E-state index in [1.54, 1.807) is 0 Å². The molecule has 2 aliphatic rings. The zero-order chi connectivity index (χ0) is 30.5. The smallest absolute Gasteiger partial charge is 0.141 e. The third-order valence-corrected chi connectivity index (χ3v) is 30.1. The van der Waals surface area contributed by atoms with E-state index in [1.807, 2.05) is 0 Å². The molecular weight excluding hydrogens is 573 g/mol. The quantitative estimate of drug-likeness (QED) is 0.252. The predicted octanol–water partition coefficient (Wildman–Crippen LogP) is 11.1. The Kier molecular flexibility index (Phi) is 8.33.